The first-order valence-corrected chi connectivity index (χ1v) is 11.7. The van der Waals surface area contributed by atoms with Crippen LogP contribution in [0.5, 0.6) is 0 Å². The third-order valence-corrected chi connectivity index (χ3v) is 6.75. The van der Waals surface area contributed by atoms with Gasteiger partial charge < -0.3 is 15.0 Å². The molecule has 0 bridgehead atoms. The number of anilines is 2. The Bertz CT molecular complexity index is 888. The highest BCUT2D eigenvalue weighted by atomic mass is 32.2. The first-order valence-electron chi connectivity index (χ1n) is 9.43. The van der Waals surface area contributed by atoms with Crippen molar-refractivity contribution in [1.82, 2.24) is 9.62 Å². The monoisotopic (exact) mass is 444 g/mol. The van der Waals surface area contributed by atoms with Crippen LogP contribution in [-0.2, 0) is 14.8 Å². The number of hydrogen-bond acceptors (Lipinski definition) is 6. The fourth-order valence-electron chi connectivity index (χ4n) is 3.37. The summed E-state index contributed by atoms with van der Waals surface area (Å²) in [5.74, 6) is -0.461. The van der Waals surface area contributed by atoms with E-state index < -0.39 is 21.9 Å². The topological polar surface area (TPSA) is 82.2 Å². The van der Waals surface area contributed by atoms with Gasteiger partial charge in [0.1, 0.15) is 11.9 Å². The molecule has 0 saturated carbocycles. The van der Waals surface area contributed by atoms with Crippen molar-refractivity contribution < 1.29 is 22.3 Å². The average Bonchev–Trinajstić information content (AvgIpc) is 3.06. The number of carbonyl (C=O) groups is 1. The lowest BCUT2D eigenvalue weighted by Gasteiger charge is -2.35. The number of rotatable bonds is 6. The van der Waals surface area contributed by atoms with E-state index in [0.29, 0.717) is 62.1 Å². The van der Waals surface area contributed by atoms with E-state index in [2.05, 4.69) is 5.32 Å². The van der Waals surface area contributed by atoms with Crippen LogP contribution in [0.3, 0.4) is 0 Å². The highest BCUT2D eigenvalue weighted by molar-refractivity contribution is 7.88. The molecule has 2 aliphatic rings. The molecule has 11 heteroatoms. The predicted molar refractivity (Wildman–Crippen MR) is 114 cm³/mol. The number of benzene rings is 1. The predicted octanol–water partition coefficient (Wildman–Crippen LogP) is 1.56. The Morgan fingerprint density at radius 2 is 2.00 bits per heavy atom. The lowest BCUT2D eigenvalue weighted by molar-refractivity contribution is 0.143. The van der Waals surface area contributed by atoms with Crippen molar-refractivity contribution in [2.75, 3.05) is 55.3 Å². The van der Waals surface area contributed by atoms with Gasteiger partial charge >= 0.3 is 6.09 Å². The average molecular weight is 445 g/mol. The Kier molecular flexibility index (Phi) is 6.59. The second-order valence-corrected chi connectivity index (χ2v) is 9.53. The molecule has 3 rings (SSSR count). The van der Waals surface area contributed by atoms with E-state index in [0.717, 1.165) is 0 Å². The quantitative estimate of drug-likeness (QED) is 0.667. The first-order chi connectivity index (χ1) is 13.7. The Morgan fingerprint density at radius 1 is 1.31 bits per heavy atom. The number of halogens is 1. The lowest BCUT2D eigenvalue weighted by atomic mass is 10.2. The van der Waals surface area contributed by atoms with E-state index in [1.165, 1.54) is 21.5 Å². The minimum Gasteiger partial charge on any atom is -0.442 e. The standard InChI is InChI=1S/C18H25FN4O4S2/c1-3-17(28)20-11-14-12-23(18(24)27-14)13-4-5-16(15(19)10-13)21-6-8-22(9-7-21)29(2,25)26/h4-5,10,14H,3,6-9,11-12H2,1-2H3,(H,20,28). The number of hydrogen-bond donors (Lipinski definition) is 1. The van der Waals surface area contributed by atoms with Crippen LogP contribution in [0.25, 0.3) is 0 Å². The Balaban J connectivity index is 1.64. The van der Waals surface area contributed by atoms with Crippen molar-refractivity contribution in [3.05, 3.63) is 24.0 Å². The van der Waals surface area contributed by atoms with Gasteiger partial charge in [0.05, 0.1) is 35.7 Å². The van der Waals surface area contributed by atoms with Crippen molar-refractivity contribution in [1.29, 1.82) is 0 Å². The van der Waals surface area contributed by atoms with Crippen LogP contribution >= 0.6 is 12.2 Å². The first kappa shape index (κ1) is 21.7. The van der Waals surface area contributed by atoms with Crippen molar-refractivity contribution in [3.8, 4) is 0 Å². The molecule has 1 aromatic carbocycles. The van der Waals surface area contributed by atoms with Crippen LogP contribution in [0.1, 0.15) is 13.3 Å². The van der Waals surface area contributed by atoms with E-state index in [1.54, 1.807) is 12.1 Å². The zero-order valence-electron chi connectivity index (χ0n) is 16.4. The van der Waals surface area contributed by atoms with E-state index >= 15 is 0 Å². The van der Waals surface area contributed by atoms with Gasteiger partial charge in [0.25, 0.3) is 0 Å². The molecule has 2 heterocycles. The molecule has 8 nitrogen and oxygen atoms in total. The van der Waals surface area contributed by atoms with E-state index in [4.69, 9.17) is 17.0 Å². The van der Waals surface area contributed by atoms with Crippen molar-refractivity contribution in [2.24, 2.45) is 0 Å². The fraction of sp³-hybridized carbons (Fsp3) is 0.556. The summed E-state index contributed by atoms with van der Waals surface area (Å²) in [6.45, 7) is 4.09. The zero-order chi connectivity index (χ0) is 21.2. The number of nitrogens with one attached hydrogen (secondary N) is 1. The molecule has 0 aliphatic carbocycles. The van der Waals surface area contributed by atoms with Crippen LogP contribution in [0.15, 0.2) is 18.2 Å². The number of ether oxygens (including phenoxy) is 1. The van der Waals surface area contributed by atoms with Gasteiger partial charge in [-0.3, -0.25) is 4.90 Å². The molecule has 0 spiro atoms. The summed E-state index contributed by atoms with van der Waals surface area (Å²) in [5, 5.41) is 3.04. The number of thiocarbonyl (C=S) groups is 1. The number of piperazine rings is 1. The maximum absolute atomic E-state index is 14.8. The SMILES string of the molecule is CCC(=S)NCC1CN(c2ccc(N3CCN(S(C)(=O)=O)CC3)c(F)c2)C(=O)O1. The summed E-state index contributed by atoms with van der Waals surface area (Å²) < 4.78 is 44.7. The van der Waals surface area contributed by atoms with Gasteiger partial charge in [-0.05, 0) is 24.6 Å². The number of amides is 1. The summed E-state index contributed by atoms with van der Waals surface area (Å²) in [6, 6.07) is 4.60. The maximum atomic E-state index is 14.8. The van der Waals surface area contributed by atoms with Gasteiger partial charge in [0.15, 0.2) is 0 Å². The lowest BCUT2D eigenvalue weighted by Crippen LogP contribution is -2.48. The fourth-order valence-corrected chi connectivity index (χ4v) is 4.28. The molecule has 1 unspecified atom stereocenters. The maximum Gasteiger partial charge on any atom is 0.414 e. The summed E-state index contributed by atoms with van der Waals surface area (Å²) in [7, 11) is -3.24. The largest absolute Gasteiger partial charge is 0.442 e. The third kappa shape index (κ3) is 5.14. The van der Waals surface area contributed by atoms with Gasteiger partial charge in [-0.25, -0.2) is 17.6 Å². The minimum atomic E-state index is -3.24. The number of nitrogens with zero attached hydrogens (tertiary/aromatic N) is 3. The molecule has 160 valence electrons. The molecule has 0 radical (unpaired) electrons. The Morgan fingerprint density at radius 3 is 2.59 bits per heavy atom. The normalized spacial score (nSPS) is 20.7. The van der Waals surface area contributed by atoms with E-state index in [1.807, 2.05) is 11.8 Å². The molecular weight excluding hydrogens is 419 g/mol. The number of sulfonamides is 1. The molecule has 2 saturated heterocycles. The smallest absolute Gasteiger partial charge is 0.414 e. The highest BCUT2D eigenvalue weighted by Crippen LogP contribution is 2.28. The van der Waals surface area contributed by atoms with Gasteiger partial charge in [0, 0.05) is 26.2 Å². The van der Waals surface area contributed by atoms with Gasteiger partial charge in [-0.2, -0.15) is 4.31 Å². The molecule has 1 amide bonds. The summed E-state index contributed by atoms with van der Waals surface area (Å²) in [5.41, 5.74) is 0.813. The molecule has 1 atom stereocenters. The second kappa shape index (κ2) is 8.80. The van der Waals surface area contributed by atoms with Crippen LogP contribution in [-0.4, -0.2) is 75.4 Å². The Labute approximate surface area is 175 Å². The minimum absolute atomic E-state index is 0.310. The van der Waals surface area contributed by atoms with Crippen molar-refractivity contribution in [3.63, 3.8) is 0 Å². The van der Waals surface area contributed by atoms with Crippen LogP contribution < -0.4 is 15.1 Å². The van der Waals surface area contributed by atoms with E-state index in [9.17, 15) is 17.6 Å². The second-order valence-electron chi connectivity index (χ2n) is 7.06. The van der Waals surface area contributed by atoms with Gasteiger partial charge in [-0.1, -0.05) is 19.1 Å². The number of cyclic esters (lactones) is 1. The van der Waals surface area contributed by atoms with Crippen LogP contribution in [0.4, 0.5) is 20.6 Å². The summed E-state index contributed by atoms with van der Waals surface area (Å²) in [6.07, 6.45) is 1.00. The molecule has 29 heavy (non-hydrogen) atoms. The molecule has 0 aromatic heterocycles. The molecule has 1 aromatic rings. The molecule has 2 aliphatic heterocycles. The highest BCUT2D eigenvalue weighted by Gasteiger charge is 2.33. The van der Waals surface area contributed by atoms with Crippen molar-refractivity contribution in [2.45, 2.75) is 19.4 Å². The Hall–Kier alpha value is -1.98. The summed E-state index contributed by atoms with van der Waals surface area (Å²) in [4.78, 5) is 16.1. The van der Waals surface area contributed by atoms with Gasteiger partial charge in [-0.15, -0.1) is 0 Å². The molecular formula is C18H25FN4O4S2. The zero-order valence-corrected chi connectivity index (χ0v) is 18.1. The third-order valence-electron chi connectivity index (χ3n) is 5.01. The van der Waals surface area contributed by atoms with Crippen LogP contribution in [0, 0.1) is 5.82 Å². The number of carbonyl (C=O) groups excluding carboxylic acids is 1. The van der Waals surface area contributed by atoms with Crippen molar-refractivity contribution >= 4 is 44.7 Å². The van der Waals surface area contributed by atoms with Crippen LogP contribution in [0.2, 0.25) is 0 Å². The molecule has 1 N–H and O–H groups in total. The summed E-state index contributed by atoms with van der Waals surface area (Å²) >= 11 is 5.11. The molecule has 2 fully saturated rings. The van der Waals surface area contributed by atoms with E-state index in [-0.39, 0.29) is 6.10 Å². The van der Waals surface area contributed by atoms with Gasteiger partial charge in [0.2, 0.25) is 10.0 Å².